The van der Waals surface area contributed by atoms with Gasteiger partial charge >= 0.3 is 0 Å². The molecule has 1 N–H and O–H groups in total. The number of aromatic amines is 1. The van der Waals surface area contributed by atoms with Gasteiger partial charge in [0.2, 0.25) is 10.0 Å². The molecule has 1 amide bonds. The maximum absolute atomic E-state index is 13.2. The Morgan fingerprint density at radius 2 is 1.92 bits per heavy atom. The van der Waals surface area contributed by atoms with Crippen LogP contribution in [0.25, 0.3) is 0 Å². The highest BCUT2D eigenvalue weighted by Crippen LogP contribution is 2.27. The molecule has 2 atom stereocenters. The summed E-state index contributed by atoms with van der Waals surface area (Å²) < 4.78 is 27.9. The van der Waals surface area contributed by atoms with Gasteiger partial charge in [0.15, 0.2) is 0 Å². The molecule has 3 rings (SSSR count). The largest absolute Gasteiger partial charge is 0.332 e. The van der Waals surface area contributed by atoms with Crippen molar-refractivity contribution in [1.29, 1.82) is 0 Å². The van der Waals surface area contributed by atoms with Gasteiger partial charge < -0.3 is 4.90 Å². The van der Waals surface area contributed by atoms with Crippen LogP contribution in [0.2, 0.25) is 0 Å². The number of nitrogens with zero attached hydrogens (tertiary/aromatic N) is 4. The van der Waals surface area contributed by atoms with Crippen LogP contribution in [0, 0.1) is 13.8 Å². The molecule has 26 heavy (non-hydrogen) atoms. The van der Waals surface area contributed by atoms with Gasteiger partial charge in [0, 0.05) is 25.2 Å². The number of hydrogen-bond acceptors (Lipinski definition) is 5. The van der Waals surface area contributed by atoms with Gasteiger partial charge in [-0.3, -0.25) is 9.89 Å². The summed E-state index contributed by atoms with van der Waals surface area (Å²) in [6.45, 7) is 7.89. The van der Waals surface area contributed by atoms with Gasteiger partial charge in [-0.15, -0.1) is 5.10 Å². The van der Waals surface area contributed by atoms with Crippen LogP contribution in [0.4, 0.5) is 0 Å². The monoisotopic (exact) mass is 377 g/mol. The number of aromatic nitrogens is 3. The number of amides is 1. The average Bonchev–Trinajstić information content (AvgIpc) is 3.12. The predicted octanol–water partition coefficient (Wildman–Crippen LogP) is 1.35. The molecule has 1 saturated heterocycles. The number of carbonyl (C=O) groups is 1. The highest BCUT2D eigenvalue weighted by Gasteiger charge is 2.39. The van der Waals surface area contributed by atoms with Crippen molar-refractivity contribution in [2.75, 3.05) is 13.1 Å². The molecule has 0 bridgehead atoms. The third-order valence-corrected chi connectivity index (χ3v) is 6.89. The molecule has 0 saturated carbocycles. The molecule has 9 heteroatoms. The molecule has 0 aliphatic carbocycles. The van der Waals surface area contributed by atoms with E-state index in [1.54, 1.807) is 17.9 Å². The van der Waals surface area contributed by atoms with Crippen molar-refractivity contribution in [3.05, 3.63) is 41.2 Å². The molecule has 0 radical (unpaired) electrons. The fourth-order valence-electron chi connectivity index (χ4n) is 3.28. The number of H-pyrrole nitrogens is 1. The Bertz CT molecular complexity index is 910. The van der Waals surface area contributed by atoms with Crippen LogP contribution in [0.3, 0.4) is 0 Å². The summed E-state index contributed by atoms with van der Waals surface area (Å²) in [7, 11) is -3.64. The SMILES string of the molecule is Cc1ccc(C)c(S(=O)(=O)N2C[C@H](C)N(C(=O)c3cnn[nH]3)C[C@H]2C)c1. The lowest BCUT2D eigenvalue weighted by Crippen LogP contribution is -2.59. The van der Waals surface area contributed by atoms with E-state index in [1.165, 1.54) is 10.5 Å². The first-order valence-electron chi connectivity index (χ1n) is 8.48. The molecule has 0 spiro atoms. The maximum Gasteiger partial charge on any atom is 0.273 e. The first-order valence-corrected chi connectivity index (χ1v) is 9.92. The number of rotatable bonds is 3. The van der Waals surface area contributed by atoms with Crippen molar-refractivity contribution in [3.63, 3.8) is 0 Å². The zero-order valence-corrected chi connectivity index (χ0v) is 16.1. The molecule has 1 aliphatic heterocycles. The van der Waals surface area contributed by atoms with Crippen molar-refractivity contribution in [2.45, 2.75) is 44.7 Å². The second-order valence-corrected chi connectivity index (χ2v) is 8.73. The average molecular weight is 377 g/mol. The van der Waals surface area contributed by atoms with E-state index in [0.29, 0.717) is 17.1 Å². The van der Waals surface area contributed by atoms with Gasteiger partial charge in [0.05, 0.1) is 11.1 Å². The summed E-state index contributed by atoms with van der Waals surface area (Å²) >= 11 is 0. The zero-order chi connectivity index (χ0) is 19.1. The third kappa shape index (κ3) is 3.24. The summed E-state index contributed by atoms with van der Waals surface area (Å²) in [6.07, 6.45) is 1.37. The van der Waals surface area contributed by atoms with Crippen LogP contribution in [0.1, 0.15) is 35.5 Å². The van der Waals surface area contributed by atoms with E-state index in [-0.39, 0.29) is 24.5 Å². The van der Waals surface area contributed by atoms with Crippen molar-refractivity contribution in [1.82, 2.24) is 24.6 Å². The lowest BCUT2D eigenvalue weighted by atomic mass is 10.1. The molecule has 2 aromatic rings. The molecule has 1 aromatic heterocycles. The van der Waals surface area contributed by atoms with Crippen molar-refractivity contribution < 1.29 is 13.2 Å². The molecule has 140 valence electrons. The summed E-state index contributed by atoms with van der Waals surface area (Å²) in [5, 5.41) is 9.77. The van der Waals surface area contributed by atoms with Crippen molar-refractivity contribution in [3.8, 4) is 0 Å². The van der Waals surface area contributed by atoms with Gasteiger partial charge in [0.1, 0.15) is 5.69 Å². The van der Waals surface area contributed by atoms with Crippen LogP contribution in [-0.2, 0) is 10.0 Å². The van der Waals surface area contributed by atoms with E-state index < -0.39 is 10.0 Å². The molecule has 1 fully saturated rings. The van der Waals surface area contributed by atoms with Gasteiger partial charge in [-0.25, -0.2) is 8.42 Å². The highest BCUT2D eigenvalue weighted by molar-refractivity contribution is 7.89. The molecule has 1 aromatic carbocycles. The lowest BCUT2D eigenvalue weighted by molar-refractivity contribution is 0.0501. The lowest BCUT2D eigenvalue weighted by Gasteiger charge is -2.43. The number of sulfonamides is 1. The summed E-state index contributed by atoms with van der Waals surface area (Å²) in [5.74, 6) is -0.224. The molecule has 8 nitrogen and oxygen atoms in total. The third-order valence-electron chi connectivity index (χ3n) is 4.77. The number of carbonyl (C=O) groups excluding carboxylic acids is 1. The van der Waals surface area contributed by atoms with E-state index in [2.05, 4.69) is 15.4 Å². The summed E-state index contributed by atoms with van der Waals surface area (Å²) in [6, 6.07) is 4.82. The van der Waals surface area contributed by atoms with Crippen molar-refractivity contribution in [2.24, 2.45) is 0 Å². The van der Waals surface area contributed by atoms with E-state index >= 15 is 0 Å². The Kier molecular flexibility index (Phi) is 4.85. The van der Waals surface area contributed by atoms with E-state index in [9.17, 15) is 13.2 Å². The van der Waals surface area contributed by atoms with Crippen molar-refractivity contribution >= 4 is 15.9 Å². The fraction of sp³-hybridized carbons (Fsp3) is 0.471. The normalized spacial score (nSPS) is 21.8. The van der Waals surface area contributed by atoms with E-state index in [0.717, 1.165) is 11.1 Å². The standard InChI is InChI=1S/C17H23N5O3S/c1-11-5-6-12(2)16(7-11)26(24,25)22-10-13(3)21(9-14(22)4)17(23)15-8-18-20-19-15/h5-8,13-14H,9-10H2,1-4H3,(H,18,19,20)/t13-,14+/m0/s1. The van der Waals surface area contributed by atoms with Crippen LogP contribution < -0.4 is 0 Å². The minimum atomic E-state index is -3.64. The number of aryl methyl sites for hydroxylation is 2. The smallest absolute Gasteiger partial charge is 0.273 e. The van der Waals surface area contributed by atoms with Crippen LogP contribution in [0.5, 0.6) is 0 Å². The van der Waals surface area contributed by atoms with Gasteiger partial charge in [0.25, 0.3) is 5.91 Å². The zero-order valence-electron chi connectivity index (χ0n) is 15.3. The predicted molar refractivity (Wildman–Crippen MR) is 96.2 cm³/mol. The fourth-order valence-corrected chi connectivity index (χ4v) is 5.30. The van der Waals surface area contributed by atoms with E-state index in [4.69, 9.17) is 0 Å². The quantitative estimate of drug-likeness (QED) is 0.870. The first kappa shape index (κ1) is 18.5. The molecular weight excluding hydrogens is 354 g/mol. The number of benzene rings is 1. The summed E-state index contributed by atoms with van der Waals surface area (Å²) in [5.41, 5.74) is 1.92. The minimum absolute atomic E-state index is 0.224. The molecule has 0 unspecified atom stereocenters. The van der Waals surface area contributed by atoms with Crippen LogP contribution >= 0.6 is 0 Å². The first-order chi connectivity index (χ1) is 12.2. The number of hydrogen-bond donors (Lipinski definition) is 1. The van der Waals surface area contributed by atoms with Gasteiger partial charge in [-0.2, -0.15) is 4.31 Å². The Balaban J connectivity index is 1.87. The Hall–Kier alpha value is -2.26. The minimum Gasteiger partial charge on any atom is -0.332 e. The van der Waals surface area contributed by atoms with Gasteiger partial charge in [-0.1, -0.05) is 17.3 Å². The Morgan fingerprint density at radius 1 is 1.19 bits per heavy atom. The van der Waals surface area contributed by atoms with Crippen LogP contribution in [-0.4, -0.2) is 64.1 Å². The highest BCUT2D eigenvalue weighted by atomic mass is 32.2. The van der Waals surface area contributed by atoms with Gasteiger partial charge in [-0.05, 0) is 44.9 Å². The molecular formula is C17H23N5O3S. The second-order valence-electron chi connectivity index (χ2n) is 6.87. The Morgan fingerprint density at radius 3 is 2.58 bits per heavy atom. The Labute approximate surface area is 153 Å². The maximum atomic E-state index is 13.2. The topological polar surface area (TPSA) is 99.3 Å². The number of nitrogens with one attached hydrogen (secondary N) is 1. The number of piperazine rings is 1. The molecule has 1 aliphatic rings. The van der Waals surface area contributed by atoms with E-state index in [1.807, 2.05) is 32.9 Å². The van der Waals surface area contributed by atoms with Crippen LogP contribution in [0.15, 0.2) is 29.3 Å². The second kappa shape index (κ2) is 6.81. The molecule has 2 heterocycles. The summed E-state index contributed by atoms with van der Waals surface area (Å²) in [4.78, 5) is 14.6.